The van der Waals surface area contributed by atoms with Gasteiger partial charge < -0.3 is 5.73 Å². The Morgan fingerprint density at radius 2 is 2.31 bits per heavy atom. The molecular weight excluding hydrogens is 240 g/mol. The minimum atomic E-state index is 0.170. The van der Waals surface area contributed by atoms with E-state index < -0.39 is 0 Å². The van der Waals surface area contributed by atoms with Crippen molar-refractivity contribution in [3.63, 3.8) is 0 Å². The maximum Gasteiger partial charge on any atom is 0.175 e. The van der Waals surface area contributed by atoms with Crippen LogP contribution < -0.4 is 5.73 Å². The van der Waals surface area contributed by atoms with E-state index >= 15 is 0 Å². The molecule has 2 aromatic heterocycles. The van der Waals surface area contributed by atoms with Crippen LogP contribution in [0.3, 0.4) is 0 Å². The SMILES string of the molecule is CC(N)Cc1ccc(Sc2ncns2)nc1. The summed E-state index contributed by atoms with van der Waals surface area (Å²) in [6.07, 6.45) is 4.28. The lowest BCUT2D eigenvalue weighted by Crippen LogP contribution is -2.17. The number of hydrogen-bond donors (Lipinski definition) is 1. The van der Waals surface area contributed by atoms with Crippen LogP contribution in [0.25, 0.3) is 0 Å². The van der Waals surface area contributed by atoms with E-state index in [2.05, 4.69) is 20.4 Å². The third-order valence-corrected chi connectivity index (χ3v) is 3.55. The van der Waals surface area contributed by atoms with Crippen LogP contribution in [-0.4, -0.2) is 20.4 Å². The average Bonchev–Trinajstić information content (AvgIpc) is 2.73. The molecule has 1 unspecified atom stereocenters. The minimum absolute atomic E-state index is 0.170. The molecule has 0 aromatic carbocycles. The van der Waals surface area contributed by atoms with E-state index in [1.165, 1.54) is 23.3 Å². The van der Waals surface area contributed by atoms with Gasteiger partial charge in [-0.1, -0.05) is 6.07 Å². The number of pyridine rings is 1. The van der Waals surface area contributed by atoms with Crippen molar-refractivity contribution < 1.29 is 0 Å². The van der Waals surface area contributed by atoms with E-state index in [0.29, 0.717) is 0 Å². The third kappa shape index (κ3) is 3.26. The first-order valence-corrected chi connectivity index (χ1v) is 6.48. The quantitative estimate of drug-likeness (QED) is 0.901. The molecule has 0 saturated carbocycles. The molecule has 0 fully saturated rings. The van der Waals surface area contributed by atoms with Crippen molar-refractivity contribution in [2.45, 2.75) is 28.8 Å². The van der Waals surface area contributed by atoms with Gasteiger partial charge in [-0.2, -0.15) is 4.37 Å². The Labute approximate surface area is 102 Å². The van der Waals surface area contributed by atoms with Crippen LogP contribution in [0.1, 0.15) is 12.5 Å². The maximum atomic E-state index is 5.72. The van der Waals surface area contributed by atoms with E-state index in [0.717, 1.165) is 21.3 Å². The molecule has 2 heterocycles. The standard InChI is InChI=1S/C10H12N4S2/c1-7(11)4-8-2-3-9(12-5-8)15-10-13-6-14-16-10/h2-3,5-7H,4,11H2,1H3. The lowest BCUT2D eigenvalue weighted by Gasteiger charge is -2.04. The van der Waals surface area contributed by atoms with E-state index in [4.69, 9.17) is 5.73 Å². The molecule has 0 aliphatic rings. The molecule has 1 atom stereocenters. The molecule has 2 aromatic rings. The molecule has 0 amide bonds. The topological polar surface area (TPSA) is 64.7 Å². The van der Waals surface area contributed by atoms with Gasteiger partial charge in [-0.25, -0.2) is 9.97 Å². The zero-order valence-electron chi connectivity index (χ0n) is 8.83. The second kappa shape index (κ2) is 5.38. The van der Waals surface area contributed by atoms with Gasteiger partial charge in [-0.3, -0.25) is 0 Å². The first-order chi connectivity index (χ1) is 7.74. The molecule has 0 radical (unpaired) electrons. The highest BCUT2D eigenvalue weighted by molar-refractivity contribution is 8.00. The van der Waals surface area contributed by atoms with Gasteiger partial charge in [-0.15, -0.1) is 0 Å². The molecule has 2 rings (SSSR count). The monoisotopic (exact) mass is 252 g/mol. The number of nitrogens with two attached hydrogens (primary N) is 1. The summed E-state index contributed by atoms with van der Waals surface area (Å²) in [6, 6.07) is 4.22. The number of nitrogens with zero attached hydrogens (tertiary/aromatic N) is 3. The summed E-state index contributed by atoms with van der Waals surface area (Å²) in [5.74, 6) is 0. The van der Waals surface area contributed by atoms with Gasteiger partial charge >= 0.3 is 0 Å². The molecule has 4 nitrogen and oxygen atoms in total. The molecular formula is C10H12N4S2. The Balaban J connectivity index is 2.02. The van der Waals surface area contributed by atoms with Crippen LogP contribution in [0.4, 0.5) is 0 Å². The lowest BCUT2D eigenvalue weighted by molar-refractivity contribution is 0.734. The smallest absolute Gasteiger partial charge is 0.175 e. The van der Waals surface area contributed by atoms with Crippen molar-refractivity contribution in [1.29, 1.82) is 0 Å². The zero-order chi connectivity index (χ0) is 11.4. The fraction of sp³-hybridized carbons (Fsp3) is 0.300. The predicted octanol–water partition coefficient (Wildman–Crippen LogP) is 1.97. The normalized spacial score (nSPS) is 12.6. The van der Waals surface area contributed by atoms with Crippen LogP contribution in [0, 0.1) is 0 Å². The fourth-order valence-electron chi connectivity index (χ4n) is 1.26. The van der Waals surface area contributed by atoms with Gasteiger partial charge in [0.1, 0.15) is 11.4 Å². The van der Waals surface area contributed by atoms with Crippen LogP contribution in [0.2, 0.25) is 0 Å². The molecule has 6 heteroatoms. The molecule has 0 saturated heterocycles. The summed E-state index contributed by atoms with van der Waals surface area (Å²) >= 11 is 2.90. The Bertz CT molecular complexity index is 425. The third-order valence-electron chi connectivity index (χ3n) is 1.89. The molecule has 2 N–H and O–H groups in total. The van der Waals surface area contributed by atoms with Crippen molar-refractivity contribution in [3.8, 4) is 0 Å². The number of rotatable bonds is 4. The van der Waals surface area contributed by atoms with Crippen LogP contribution in [-0.2, 0) is 6.42 Å². The summed E-state index contributed by atoms with van der Waals surface area (Å²) in [5.41, 5.74) is 6.89. The van der Waals surface area contributed by atoms with E-state index in [1.807, 2.05) is 19.2 Å². The maximum absolute atomic E-state index is 5.72. The van der Waals surface area contributed by atoms with Crippen molar-refractivity contribution in [1.82, 2.24) is 14.3 Å². The number of aromatic nitrogens is 3. The Morgan fingerprint density at radius 1 is 1.44 bits per heavy atom. The Kier molecular flexibility index (Phi) is 3.87. The molecule has 0 aliphatic carbocycles. The van der Waals surface area contributed by atoms with Crippen molar-refractivity contribution >= 4 is 23.3 Å². The Hall–Kier alpha value is -0.980. The van der Waals surface area contributed by atoms with Gasteiger partial charge in [0.15, 0.2) is 4.34 Å². The van der Waals surface area contributed by atoms with E-state index in [9.17, 15) is 0 Å². The largest absolute Gasteiger partial charge is 0.328 e. The average molecular weight is 252 g/mol. The van der Waals surface area contributed by atoms with Crippen molar-refractivity contribution in [3.05, 3.63) is 30.2 Å². The second-order valence-corrected chi connectivity index (χ2v) is 5.54. The molecule has 16 heavy (non-hydrogen) atoms. The van der Waals surface area contributed by atoms with Gasteiger partial charge in [0, 0.05) is 12.2 Å². The predicted molar refractivity (Wildman–Crippen MR) is 65.6 cm³/mol. The van der Waals surface area contributed by atoms with Gasteiger partial charge in [0.05, 0.1) is 0 Å². The summed E-state index contributed by atoms with van der Waals surface area (Å²) < 4.78 is 4.85. The zero-order valence-corrected chi connectivity index (χ0v) is 10.5. The Morgan fingerprint density at radius 3 is 2.88 bits per heavy atom. The van der Waals surface area contributed by atoms with Crippen LogP contribution >= 0.6 is 23.3 Å². The van der Waals surface area contributed by atoms with E-state index in [-0.39, 0.29) is 6.04 Å². The first-order valence-electron chi connectivity index (χ1n) is 4.89. The van der Waals surface area contributed by atoms with E-state index in [1.54, 1.807) is 6.33 Å². The van der Waals surface area contributed by atoms with Crippen LogP contribution in [0.15, 0.2) is 34.0 Å². The number of hydrogen-bond acceptors (Lipinski definition) is 6. The highest BCUT2D eigenvalue weighted by Crippen LogP contribution is 2.26. The first kappa shape index (κ1) is 11.5. The molecule has 0 aliphatic heterocycles. The highest BCUT2D eigenvalue weighted by atomic mass is 32.2. The van der Waals surface area contributed by atoms with Gasteiger partial charge in [0.25, 0.3) is 0 Å². The van der Waals surface area contributed by atoms with Crippen LogP contribution in [0.5, 0.6) is 0 Å². The lowest BCUT2D eigenvalue weighted by atomic mass is 10.1. The second-order valence-electron chi connectivity index (χ2n) is 3.50. The molecule has 0 bridgehead atoms. The molecule has 84 valence electrons. The molecule has 0 spiro atoms. The summed E-state index contributed by atoms with van der Waals surface area (Å²) in [7, 11) is 0. The summed E-state index contributed by atoms with van der Waals surface area (Å²) in [4.78, 5) is 8.45. The van der Waals surface area contributed by atoms with Gasteiger partial charge in [-0.05, 0) is 48.3 Å². The minimum Gasteiger partial charge on any atom is -0.328 e. The fourth-order valence-corrected chi connectivity index (χ4v) is 2.59. The van der Waals surface area contributed by atoms with Gasteiger partial charge in [0.2, 0.25) is 0 Å². The van der Waals surface area contributed by atoms with Crippen molar-refractivity contribution in [2.24, 2.45) is 5.73 Å². The van der Waals surface area contributed by atoms with Crippen molar-refractivity contribution in [2.75, 3.05) is 0 Å². The summed E-state index contributed by atoms with van der Waals surface area (Å²) in [6.45, 7) is 1.99. The summed E-state index contributed by atoms with van der Waals surface area (Å²) in [5, 5.41) is 0.935. The highest BCUT2D eigenvalue weighted by Gasteiger charge is 2.03.